The molecule has 1 aromatic carbocycles. The van der Waals surface area contributed by atoms with Gasteiger partial charge in [-0.1, -0.05) is 25.3 Å². The Bertz CT molecular complexity index is 316. The van der Waals surface area contributed by atoms with Crippen LogP contribution in [0, 0.1) is 5.82 Å². The van der Waals surface area contributed by atoms with E-state index in [2.05, 4.69) is 12.6 Å². The van der Waals surface area contributed by atoms with Crippen LogP contribution in [0.3, 0.4) is 0 Å². The van der Waals surface area contributed by atoms with Crippen molar-refractivity contribution in [3.63, 3.8) is 0 Å². The van der Waals surface area contributed by atoms with Gasteiger partial charge in [0.05, 0.1) is 0 Å². The summed E-state index contributed by atoms with van der Waals surface area (Å²) in [7, 11) is 0. The second kappa shape index (κ2) is 4.35. The predicted octanol–water partition coefficient (Wildman–Crippen LogP) is 4.16. The molecule has 0 unspecified atom stereocenters. The minimum absolute atomic E-state index is 0.0793. The molecule has 1 fully saturated rings. The van der Waals surface area contributed by atoms with Crippen molar-refractivity contribution in [1.29, 1.82) is 0 Å². The number of halogens is 1. The highest BCUT2D eigenvalue weighted by Gasteiger charge is 2.18. The summed E-state index contributed by atoms with van der Waals surface area (Å²) >= 11 is 4.13. The Morgan fingerprint density at radius 3 is 2.50 bits per heavy atom. The lowest BCUT2D eigenvalue weighted by atomic mass is 9.84. The zero-order valence-corrected chi connectivity index (χ0v) is 9.06. The minimum Gasteiger partial charge on any atom is -0.207 e. The number of rotatable bonds is 1. The van der Waals surface area contributed by atoms with Crippen LogP contribution in [0.5, 0.6) is 0 Å². The third kappa shape index (κ3) is 2.11. The standard InChI is InChI=1S/C12H15FS/c13-12-8-10(14)6-7-11(12)9-4-2-1-3-5-9/h6-9,14H,1-5H2. The molecule has 0 aromatic heterocycles. The molecule has 2 rings (SSSR count). The first-order chi connectivity index (χ1) is 6.77. The number of thiol groups is 1. The fourth-order valence-electron chi connectivity index (χ4n) is 2.26. The molecule has 0 saturated heterocycles. The maximum Gasteiger partial charge on any atom is 0.127 e. The molecule has 0 radical (unpaired) electrons. The first-order valence-electron chi connectivity index (χ1n) is 5.26. The maximum absolute atomic E-state index is 13.6. The Hall–Kier alpha value is -0.500. The van der Waals surface area contributed by atoms with Crippen molar-refractivity contribution in [3.8, 4) is 0 Å². The van der Waals surface area contributed by atoms with E-state index in [1.807, 2.05) is 12.1 Å². The topological polar surface area (TPSA) is 0 Å². The lowest BCUT2D eigenvalue weighted by Crippen LogP contribution is -2.06. The zero-order chi connectivity index (χ0) is 9.97. The fourth-order valence-corrected chi connectivity index (χ4v) is 2.45. The van der Waals surface area contributed by atoms with Gasteiger partial charge in [0.2, 0.25) is 0 Å². The van der Waals surface area contributed by atoms with Crippen LogP contribution in [0.1, 0.15) is 43.6 Å². The van der Waals surface area contributed by atoms with E-state index in [0.29, 0.717) is 10.8 Å². The smallest absolute Gasteiger partial charge is 0.127 e. The SMILES string of the molecule is Fc1cc(S)ccc1C1CCCCC1. The van der Waals surface area contributed by atoms with Crippen LogP contribution in [0.2, 0.25) is 0 Å². The lowest BCUT2D eigenvalue weighted by molar-refractivity contribution is 0.429. The number of hydrogen-bond acceptors (Lipinski definition) is 1. The molecule has 0 atom stereocenters. The van der Waals surface area contributed by atoms with E-state index in [4.69, 9.17) is 0 Å². The van der Waals surface area contributed by atoms with Crippen molar-refractivity contribution >= 4 is 12.6 Å². The Morgan fingerprint density at radius 2 is 1.86 bits per heavy atom. The molecule has 1 saturated carbocycles. The van der Waals surface area contributed by atoms with E-state index >= 15 is 0 Å². The molecule has 0 N–H and O–H groups in total. The third-order valence-electron chi connectivity index (χ3n) is 3.03. The summed E-state index contributed by atoms with van der Waals surface area (Å²) in [6, 6.07) is 5.30. The van der Waals surface area contributed by atoms with E-state index in [0.717, 1.165) is 18.4 Å². The van der Waals surface area contributed by atoms with E-state index in [9.17, 15) is 4.39 Å². The summed E-state index contributed by atoms with van der Waals surface area (Å²) in [5.41, 5.74) is 0.891. The van der Waals surface area contributed by atoms with Gasteiger partial charge in [-0.05, 0) is 36.5 Å². The minimum atomic E-state index is -0.0793. The van der Waals surface area contributed by atoms with Crippen molar-refractivity contribution in [1.82, 2.24) is 0 Å². The van der Waals surface area contributed by atoms with Gasteiger partial charge in [-0.15, -0.1) is 12.6 Å². The monoisotopic (exact) mass is 210 g/mol. The van der Waals surface area contributed by atoms with Crippen molar-refractivity contribution in [2.75, 3.05) is 0 Å². The van der Waals surface area contributed by atoms with Crippen LogP contribution in [0.4, 0.5) is 4.39 Å². The largest absolute Gasteiger partial charge is 0.207 e. The van der Waals surface area contributed by atoms with Crippen LogP contribution < -0.4 is 0 Å². The van der Waals surface area contributed by atoms with Crippen LogP contribution >= 0.6 is 12.6 Å². The fraction of sp³-hybridized carbons (Fsp3) is 0.500. The molecule has 0 aliphatic heterocycles. The molecular weight excluding hydrogens is 195 g/mol. The Kier molecular flexibility index (Phi) is 3.12. The first kappa shape index (κ1) is 10.0. The third-order valence-corrected chi connectivity index (χ3v) is 3.31. The highest BCUT2D eigenvalue weighted by atomic mass is 32.1. The average Bonchev–Trinajstić information content (AvgIpc) is 2.19. The quantitative estimate of drug-likeness (QED) is 0.661. The van der Waals surface area contributed by atoms with Crippen molar-refractivity contribution in [2.45, 2.75) is 42.9 Å². The Morgan fingerprint density at radius 1 is 1.14 bits per heavy atom. The van der Waals surface area contributed by atoms with Crippen LogP contribution in [0.15, 0.2) is 23.1 Å². The zero-order valence-electron chi connectivity index (χ0n) is 8.17. The van der Waals surface area contributed by atoms with Gasteiger partial charge in [-0.25, -0.2) is 4.39 Å². The maximum atomic E-state index is 13.6. The molecule has 2 heteroatoms. The van der Waals surface area contributed by atoms with Gasteiger partial charge in [-0.3, -0.25) is 0 Å². The van der Waals surface area contributed by atoms with E-state index in [1.54, 1.807) is 0 Å². The number of hydrogen-bond donors (Lipinski definition) is 1. The van der Waals surface area contributed by atoms with Crippen molar-refractivity contribution in [3.05, 3.63) is 29.6 Å². The van der Waals surface area contributed by atoms with Crippen molar-refractivity contribution < 1.29 is 4.39 Å². The summed E-state index contributed by atoms with van der Waals surface area (Å²) in [6.45, 7) is 0. The van der Waals surface area contributed by atoms with E-state index < -0.39 is 0 Å². The summed E-state index contributed by atoms with van der Waals surface area (Å²) in [4.78, 5) is 0.710. The van der Waals surface area contributed by atoms with Gasteiger partial charge < -0.3 is 0 Å². The van der Waals surface area contributed by atoms with Gasteiger partial charge >= 0.3 is 0 Å². The molecule has 14 heavy (non-hydrogen) atoms. The Labute approximate surface area is 89.9 Å². The van der Waals surface area contributed by atoms with Gasteiger partial charge in [0.15, 0.2) is 0 Å². The average molecular weight is 210 g/mol. The molecule has 0 spiro atoms. The molecular formula is C12H15FS. The van der Waals surface area contributed by atoms with Crippen molar-refractivity contribution in [2.24, 2.45) is 0 Å². The van der Waals surface area contributed by atoms with Gasteiger partial charge in [0.25, 0.3) is 0 Å². The molecule has 0 amide bonds. The molecule has 1 aliphatic carbocycles. The highest BCUT2D eigenvalue weighted by molar-refractivity contribution is 7.80. The molecule has 0 bridgehead atoms. The summed E-state index contributed by atoms with van der Waals surface area (Å²) in [5, 5.41) is 0. The molecule has 0 heterocycles. The van der Waals surface area contributed by atoms with Gasteiger partial charge in [0, 0.05) is 4.90 Å². The lowest BCUT2D eigenvalue weighted by Gasteiger charge is -2.22. The second-order valence-corrected chi connectivity index (χ2v) is 4.56. The first-order valence-corrected chi connectivity index (χ1v) is 5.70. The predicted molar refractivity (Wildman–Crippen MR) is 59.5 cm³/mol. The van der Waals surface area contributed by atoms with Crippen LogP contribution in [0.25, 0.3) is 0 Å². The molecule has 1 aliphatic rings. The molecule has 0 nitrogen and oxygen atoms in total. The Balaban J connectivity index is 2.22. The number of benzene rings is 1. The highest BCUT2D eigenvalue weighted by Crippen LogP contribution is 2.34. The van der Waals surface area contributed by atoms with E-state index in [-0.39, 0.29) is 5.82 Å². The summed E-state index contributed by atoms with van der Waals surface area (Å²) in [6.07, 6.45) is 6.08. The molecule has 1 aromatic rings. The van der Waals surface area contributed by atoms with E-state index in [1.165, 1.54) is 25.3 Å². The van der Waals surface area contributed by atoms with Gasteiger partial charge in [0.1, 0.15) is 5.82 Å². The summed E-state index contributed by atoms with van der Waals surface area (Å²) < 4.78 is 13.6. The molecule has 76 valence electrons. The van der Waals surface area contributed by atoms with Gasteiger partial charge in [-0.2, -0.15) is 0 Å². The van der Waals surface area contributed by atoms with Crippen LogP contribution in [-0.2, 0) is 0 Å². The second-order valence-electron chi connectivity index (χ2n) is 4.04. The summed E-state index contributed by atoms with van der Waals surface area (Å²) in [5.74, 6) is 0.363. The normalized spacial score (nSPS) is 18.4. The van der Waals surface area contributed by atoms with Crippen LogP contribution in [-0.4, -0.2) is 0 Å².